The molecule has 0 aliphatic carbocycles. The summed E-state index contributed by atoms with van der Waals surface area (Å²) in [7, 11) is 0. The second kappa shape index (κ2) is 6.97. The van der Waals surface area contributed by atoms with Gasteiger partial charge in [0.05, 0.1) is 6.10 Å². The van der Waals surface area contributed by atoms with E-state index in [-0.39, 0.29) is 30.4 Å². The lowest BCUT2D eigenvalue weighted by molar-refractivity contribution is -0.119. The summed E-state index contributed by atoms with van der Waals surface area (Å²) >= 11 is 5.54. The van der Waals surface area contributed by atoms with E-state index in [2.05, 4.69) is 9.97 Å². The number of aryl methyl sites for hydroxylation is 1. The molecule has 8 heteroatoms. The van der Waals surface area contributed by atoms with Crippen LogP contribution in [0.1, 0.15) is 19.5 Å². The first-order valence-corrected chi connectivity index (χ1v) is 6.64. The van der Waals surface area contributed by atoms with E-state index in [0.29, 0.717) is 5.69 Å². The summed E-state index contributed by atoms with van der Waals surface area (Å²) in [4.78, 5) is 9.02. The highest BCUT2D eigenvalue weighted by molar-refractivity contribution is 6.18. The summed E-state index contributed by atoms with van der Waals surface area (Å²) in [6.45, 7) is 4.15. The van der Waals surface area contributed by atoms with Crippen LogP contribution in [0.15, 0.2) is 6.07 Å². The Morgan fingerprint density at radius 3 is 2.50 bits per heavy atom. The second-order valence-electron chi connectivity index (χ2n) is 4.54. The van der Waals surface area contributed by atoms with Crippen LogP contribution < -0.4 is 9.64 Å². The summed E-state index contributed by atoms with van der Waals surface area (Å²) in [5, 5.41) is 0. The number of rotatable bonds is 6. The molecule has 0 atom stereocenters. The second-order valence-corrected chi connectivity index (χ2v) is 4.92. The summed E-state index contributed by atoms with van der Waals surface area (Å²) < 4.78 is 43.1. The van der Waals surface area contributed by atoms with Crippen LogP contribution in [0.25, 0.3) is 0 Å². The molecule has 1 aromatic heterocycles. The van der Waals surface area contributed by atoms with Gasteiger partial charge in [-0.2, -0.15) is 18.2 Å². The number of hydrogen-bond donors (Lipinski definition) is 0. The third-order valence-corrected chi connectivity index (χ3v) is 2.35. The zero-order chi connectivity index (χ0) is 15.3. The fraction of sp³-hybridized carbons (Fsp3) is 0.667. The highest BCUT2D eigenvalue weighted by Gasteiger charge is 2.32. The molecule has 20 heavy (non-hydrogen) atoms. The van der Waals surface area contributed by atoms with Crippen LogP contribution >= 0.6 is 11.6 Å². The molecule has 114 valence electrons. The maximum Gasteiger partial charge on any atom is 0.406 e. The molecule has 0 saturated carbocycles. The quantitative estimate of drug-likeness (QED) is 0.756. The smallest absolute Gasteiger partial charge is 0.406 e. The van der Waals surface area contributed by atoms with Crippen LogP contribution in [0.4, 0.5) is 19.1 Å². The Morgan fingerprint density at radius 2 is 2.00 bits per heavy atom. The van der Waals surface area contributed by atoms with Crippen molar-refractivity contribution in [1.29, 1.82) is 0 Å². The molecule has 0 aliphatic rings. The maximum absolute atomic E-state index is 12.6. The summed E-state index contributed by atoms with van der Waals surface area (Å²) in [6, 6.07) is 1.58. The topological polar surface area (TPSA) is 38.2 Å². The van der Waals surface area contributed by atoms with Crippen molar-refractivity contribution in [2.24, 2.45) is 0 Å². The molecule has 0 saturated heterocycles. The van der Waals surface area contributed by atoms with Gasteiger partial charge in [0.25, 0.3) is 0 Å². The lowest BCUT2D eigenvalue weighted by Crippen LogP contribution is -2.37. The van der Waals surface area contributed by atoms with Gasteiger partial charge in [-0.15, -0.1) is 11.6 Å². The summed E-state index contributed by atoms with van der Waals surface area (Å²) in [6.07, 6.45) is -4.47. The van der Waals surface area contributed by atoms with Crippen LogP contribution in [0, 0.1) is 6.92 Å². The van der Waals surface area contributed by atoms with Gasteiger partial charge in [-0.05, 0) is 20.8 Å². The molecule has 0 unspecified atom stereocenters. The number of halogens is 4. The van der Waals surface area contributed by atoms with Crippen molar-refractivity contribution in [1.82, 2.24) is 9.97 Å². The van der Waals surface area contributed by atoms with Crippen LogP contribution in [0.2, 0.25) is 0 Å². The van der Waals surface area contributed by atoms with Crippen LogP contribution in [0.3, 0.4) is 0 Å². The predicted molar refractivity (Wildman–Crippen MR) is 71.5 cm³/mol. The highest BCUT2D eigenvalue weighted by Crippen LogP contribution is 2.22. The molecule has 4 nitrogen and oxygen atoms in total. The Labute approximate surface area is 120 Å². The molecule has 0 radical (unpaired) electrons. The minimum atomic E-state index is -4.35. The number of aromatic nitrogens is 2. The van der Waals surface area contributed by atoms with Gasteiger partial charge in [0.1, 0.15) is 6.54 Å². The molecule has 0 N–H and O–H groups in total. The van der Waals surface area contributed by atoms with Crippen molar-refractivity contribution in [3.8, 4) is 5.88 Å². The Morgan fingerprint density at radius 1 is 1.35 bits per heavy atom. The molecule has 1 aromatic rings. The van der Waals surface area contributed by atoms with Crippen molar-refractivity contribution in [3.63, 3.8) is 0 Å². The van der Waals surface area contributed by atoms with Gasteiger partial charge in [-0.25, -0.2) is 4.98 Å². The van der Waals surface area contributed by atoms with Crippen molar-refractivity contribution in [2.75, 3.05) is 23.9 Å². The molecule has 0 spiro atoms. The number of hydrogen-bond acceptors (Lipinski definition) is 4. The Bertz CT molecular complexity index is 440. The Kier molecular flexibility index (Phi) is 5.86. The van der Waals surface area contributed by atoms with Gasteiger partial charge in [-0.3, -0.25) is 0 Å². The Balaban J connectivity index is 3.03. The summed E-state index contributed by atoms with van der Waals surface area (Å²) in [5.74, 6) is 0.274. The molecule has 0 aliphatic heterocycles. The van der Waals surface area contributed by atoms with E-state index >= 15 is 0 Å². The minimum absolute atomic E-state index is 0.00559. The van der Waals surface area contributed by atoms with Crippen molar-refractivity contribution < 1.29 is 17.9 Å². The van der Waals surface area contributed by atoms with E-state index < -0.39 is 12.7 Å². The van der Waals surface area contributed by atoms with Crippen molar-refractivity contribution >= 4 is 17.5 Å². The summed E-state index contributed by atoms with van der Waals surface area (Å²) in [5.41, 5.74) is 0.535. The molecule has 0 amide bonds. The molecule has 1 heterocycles. The van der Waals surface area contributed by atoms with Crippen LogP contribution in [-0.4, -0.2) is 41.2 Å². The highest BCUT2D eigenvalue weighted by atomic mass is 35.5. The number of alkyl halides is 4. The van der Waals surface area contributed by atoms with Crippen molar-refractivity contribution in [2.45, 2.75) is 33.1 Å². The van der Waals surface area contributed by atoms with Crippen molar-refractivity contribution in [3.05, 3.63) is 11.8 Å². The third kappa shape index (κ3) is 5.81. The first-order valence-electron chi connectivity index (χ1n) is 6.11. The van der Waals surface area contributed by atoms with Crippen LogP contribution in [-0.2, 0) is 0 Å². The Hall–Kier alpha value is -1.24. The molecule has 0 aromatic carbocycles. The fourth-order valence-electron chi connectivity index (χ4n) is 1.54. The zero-order valence-corrected chi connectivity index (χ0v) is 12.3. The van der Waals surface area contributed by atoms with Gasteiger partial charge >= 0.3 is 6.18 Å². The van der Waals surface area contributed by atoms with Gasteiger partial charge in [0.2, 0.25) is 11.8 Å². The molecule has 0 fully saturated rings. The van der Waals surface area contributed by atoms with E-state index in [0.717, 1.165) is 4.90 Å². The lowest BCUT2D eigenvalue weighted by Gasteiger charge is -2.23. The van der Waals surface area contributed by atoms with E-state index in [9.17, 15) is 13.2 Å². The maximum atomic E-state index is 12.6. The number of nitrogens with zero attached hydrogens (tertiary/aromatic N) is 3. The zero-order valence-electron chi connectivity index (χ0n) is 11.5. The number of anilines is 1. The van der Waals surface area contributed by atoms with Gasteiger partial charge in [0, 0.05) is 24.2 Å². The molecule has 1 rings (SSSR count). The SMILES string of the molecule is Cc1cc(OC(C)C)nc(N(CCCl)CC(F)(F)F)n1. The lowest BCUT2D eigenvalue weighted by atomic mass is 10.4. The standard InChI is InChI=1S/C12H17ClF3N3O/c1-8(2)20-10-6-9(3)17-11(18-10)19(5-4-13)7-12(14,15)16/h6,8H,4-5,7H2,1-3H3. The fourth-order valence-corrected chi connectivity index (χ4v) is 1.74. The van der Waals surface area contributed by atoms with E-state index in [4.69, 9.17) is 16.3 Å². The average molecular weight is 312 g/mol. The number of ether oxygens (including phenoxy) is 1. The van der Waals surface area contributed by atoms with Gasteiger partial charge in [0.15, 0.2) is 0 Å². The average Bonchev–Trinajstić information content (AvgIpc) is 2.24. The minimum Gasteiger partial charge on any atom is -0.475 e. The van der Waals surface area contributed by atoms with Gasteiger partial charge in [-0.1, -0.05) is 0 Å². The molecular weight excluding hydrogens is 295 g/mol. The first-order chi connectivity index (χ1) is 9.21. The van der Waals surface area contributed by atoms with E-state index in [1.165, 1.54) is 0 Å². The van der Waals surface area contributed by atoms with Crippen LogP contribution in [0.5, 0.6) is 5.88 Å². The van der Waals surface area contributed by atoms with Gasteiger partial charge < -0.3 is 9.64 Å². The third-order valence-electron chi connectivity index (χ3n) is 2.18. The molecular formula is C12H17ClF3N3O. The van der Waals surface area contributed by atoms with E-state index in [1.807, 2.05) is 13.8 Å². The van der Waals surface area contributed by atoms with E-state index in [1.54, 1.807) is 13.0 Å². The largest absolute Gasteiger partial charge is 0.475 e. The first kappa shape index (κ1) is 16.8. The molecule has 0 bridgehead atoms. The predicted octanol–water partition coefficient (Wildman–Crippen LogP) is 3.18. The monoisotopic (exact) mass is 311 g/mol. The normalized spacial score (nSPS) is 11.8.